The van der Waals surface area contributed by atoms with Crippen LogP contribution in [0.5, 0.6) is 0 Å². The van der Waals surface area contributed by atoms with Crippen molar-refractivity contribution in [1.29, 1.82) is 0 Å². The van der Waals surface area contributed by atoms with E-state index in [1.807, 2.05) is 0 Å². The second kappa shape index (κ2) is 4.66. The van der Waals surface area contributed by atoms with E-state index in [4.69, 9.17) is 0 Å². The Hall–Kier alpha value is -1.76. The zero-order valence-electron chi connectivity index (χ0n) is 11.1. The van der Waals surface area contributed by atoms with E-state index in [0.717, 1.165) is 4.90 Å². The zero-order valence-corrected chi connectivity index (χ0v) is 11.9. The summed E-state index contributed by atoms with van der Waals surface area (Å²) in [4.78, 5) is 25.2. The molecule has 5 nitrogen and oxygen atoms in total. The minimum Gasteiger partial charge on any atom is -0.274 e. The molecule has 0 spiro atoms. The van der Waals surface area contributed by atoms with E-state index < -0.39 is 33.2 Å². The fourth-order valence-electron chi connectivity index (χ4n) is 2.32. The molecule has 0 radical (unpaired) electrons. The van der Waals surface area contributed by atoms with E-state index in [0.29, 0.717) is 0 Å². The summed E-state index contributed by atoms with van der Waals surface area (Å²) < 4.78 is 34.3. The number of imide groups is 1. The first-order valence-electron chi connectivity index (χ1n) is 5.98. The van der Waals surface area contributed by atoms with E-state index >= 15 is 0 Å². The molecule has 1 aliphatic rings. The first-order valence-corrected chi connectivity index (χ1v) is 7.54. The number of hydrogen-bond acceptors (Lipinski definition) is 4. The minimum absolute atomic E-state index is 0.150. The maximum absolute atomic E-state index is 12.8. The highest BCUT2D eigenvalue weighted by molar-refractivity contribution is 7.86. The summed E-state index contributed by atoms with van der Waals surface area (Å²) in [6.45, 7) is 2.84. The van der Waals surface area contributed by atoms with Crippen molar-refractivity contribution >= 4 is 22.0 Å². The highest BCUT2D eigenvalue weighted by Crippen LogP contribution is 2.28. The van der Waals surface area contributed by atoms with Gasteiger partial charge in [-0.2, -0.15) is 8.42 Å². The molecule has 108 valence electrons. The van der Waals surface area contributed by atoms with E-state index in [-0.39, 0.29) is 17.7 Å². The third-order valence-electron chi connectivity index (χ3n) is 3.03. The van der Waals surface area contributed by atoms with Gasteiger partial charge in [0.2, 0.25) is 0 Å². The Bertz CT molecular complexity index is 646. The number of rotatable bonds is 4. The van der Waals surface area contributed by atoms with Crippen LogP contribution in [0.4, 0.5) is 3.89 Å². The second-order valence-corrected chi connectivity index (χ2v) is 6.96. The van der Waals surface area contributed by atoms with E-state index in [1.165, 1.54) is 26.0 Å². The van der Waals surface area contributed by atoms with Gasteiger partial charge in [0.05, 0.1) is 16.9 Å². The van der Waals surface area contributed by atoms with Crippen molar-refractivity contribution in [2.24, 2.45) is 5.41 Å². The highest BCUT2D eigenvalue weighted by Gasteiger charge is 2.39. The maximum Gasteiger partial charge on any atom is 0.303 e. The Balaban J connectivity index is 2.25. The number of hydrogen-bond donors (Lipinski definition) is 0. The Morgan fingerprint density at radius 1 is 1.10 bits per heavy atom. The summed E-state index contributed by atoms with van der Waals surface area (Å²) in [6, 6.07) is 6.36. The van der Waals surface area contributed by atoms with E-state index in [9.17, 15) is 21.9 Å². The van der Waals surface area contributed by atoms with Crippen LogP contribution in [0, 0.1) is 5.41 Å². The van der Waals surface area contributed by atoms with Crippen LogP contribution >= 0.6 is 0 Å². The average molecular weight is 299 g/mol. The van der Waals surface area contributed by atoms with Crippen molar-refractivity contribution in [3.63, 3.8) is 0 Å². The van der Waals surface area contributed by atoms with Crippen LogP contribution in [0.3, 0.4) is 0 Å². The molecule has 2 rings (SSSR count). The fourth-order valence-corrected chi connectivity index (χ4v) is 3.35. The average Bonchev–Trinajstić information content (AvgIpc) is 2.52. The molecule has 1 aliphatic heterocycles. The standard InChI is InChI=1S/C13H14FNO4S/c1-13(2,8-20(14,18)19)7-15-11(16)9-5-3-4-6-10(9)12(15)17/h3-6H,7-8H2,1-2H3. The lowest BCUT2D eigenvalue weighted by atomic mass is 9.95. The van der Waals surface area contributed by atoms with E-state index in [2.05, 4.69) is 0 Å². The van der Waals surface area contributed by atoms with Crippen molar-refractivity contribution in [2.45, 2.75) is 13.8 Å². The zero-order chi connectivity index (χ0) is 15.1. The van der Waals surface area contributed by atoms with Gasteiger partial charge in [-0.15, -0.1) is 3.89 Å². The van der Waals surface area contributed by atoms with Crippen LogP contribution < -0.4 is 0 Å². The van der Waals surface area contributed by atoms with Gasteiger partial charge < -0.3 is 0 Å². The van der Waals surface area contributed by atoms with Gasteiger partial charge in [0.1, 0.15) is 0 Å². The number of fused-ring (bicyclic) bond motifs is 1. The molecule has 1 aromatic carbocycles. The molecule has 2 amide bonds. The van der Waals surface area contributed by atoms with Crippen LogP contribution in [0.15, 0.2) is 24.3 Å². The number of halogens is 1. The summed E-state index contributed by atoms with van der Waals surface area (Å²) in [5.74, 6) is -1.70. The van der Waals surface area contributed by atoms with Crippen molar-refractivity contribution in [3.05, 3.63) is 35.4 Å². The van der Waals surface area contributed by atoms with Gasteiger partial charge in [0.25, 0.3) is 11.8 Å². The fraction of sp³-hybridized carbons (Fsp3) is 0.385. The topological polar surface area (TPSA) is 71.5 Å². The van der Waals surface area contributed by atoms with Crippen LogP contribution in [0.25, 0.3) is 0 Å². The van der Waals surface area contributed by atoms with Crippen molar-refractivity contribution in [1.82, 2.24) is 4.90 Å². The molecule has 7 heteroatoms. The molecule has 20 heavy (non-hydrogen) atoms. The SMILES string of the molecule is CC(C)(CN1C(=O)c2ccccc2C1=O)CS(=O)(=O)F. The monoisotopic (exact) mass is 299 g/mol. The summed E-state index contributed by atoms with van der Waals surface area (Å²) in [5.41, 5.74) is -0.478. The van der Waals surface area contributed by atoms with E-state index in [1.54, 1.807) is 12.1 Å². The quantitative estimate of drug-likeness (QED) is 0.625. The Morgan fingerprint density at radius 3 is 1.95 bits per heavy atom. The van der Waals surface area contributed by atoms with Gasteiger partial charge >= 0.3 is 10.2 Å². The first-order chi connectivity index (χ1) is 9.11. The molecule has 0 saturated heterocycles. The van der Waals surface area contributed by atoms with Crippen LogP contribution in [0.2, 0.25) is 0 Å². The second-order valence-electron chi connectivity index (χ2n) is 5.59. The van der Waals surface area contributed by atoms with Crippen molar-refractivity contribution in [2.75, 3.05) is 12.3 Å². The molecular weight excluding hydrogens is 285 g/mol. The summed E-state index contributed by atoms with van der Waals surface area (Å²) in [7, 11) is -4.68. The largest absolute Gasteiger partial charge is 0.303 e. The summed E-state index contributed by atoms with van der Waals surface area (Å²) in [6.07, 6.45) is 0. The molecule has 0 aromatic heterocycles. The Kier molecular flexibility index (Phi) is 3.41. The highest BCUT2D eigenvalue weighted by atomic mass is 32.3. The van der Waals surface area contributed by atoms with Crippen LogP contribution in [0.1, 0.15) is 34.6 Å². The summed E-state index contributed by atoms with van der Waals surface area (Å²) >= 11 is 0. The number of carbonyl (C=O) groups is 2. The molecule has 0 aliphatic carbocycles. The predicted molar refractivity (Wildman–Crippen MR) is 70.5 cm³/mol. The lowest BCUT2D eigenvalue weighted by molar-refractivity contribution is 0.0601. The number of carbonyl (C=O) groups excluding carboxylic acids is 2. The summed E-state index contributed by atoms with van der Waals surface area (Å²) in [5, 5.41) is 0. The van der Waals surface area contributed by atoms with Gasteiger partial charge in [0.15, 0.2) is 0 Å². The molecule has 1 aromatic rings. The predicted octanol–water partition coefficient (Wildman–Crippen LogP) is 1.61. The lowest BCUT2D eigenvalue weighted by Crippen LogP contribution is -2.41. The molecular formula is C13H14FNO4S. The van der Waals surface area contributed by atoms with Crippen molar-refractivity contribution < 1.29 is 21.9 Å². The molecule has 0 N–H and O–H groups in total. The van der Waals surface area contributed by atoms with Crippen LogP contribution in [-0.2, 0) is 10.2 Å². The lowest BCUT2D eigenvalue weighted by Gasteiger charge is -2.27. The smallest absolute Gasteiger partial charge is 0.274 e. The molecule has 0 bridgehead atoms. The van der Waals surface area contributed by atoms with Gasteiger partial charge in [-0.05, 0) is 17.5 Å². The van der Waals surface area contributed by atoms with Gasteiger partial charge in [-0.1, -0.05) is 26.0 Å². The minimum atomic E-state index is -4.68. The third-order valence-corrected chi connectivity index (χ3v) is 4.15. The molecule has 0 saturated carbocycles. The third kappa shape index (κ3) is 2.87. The normalized spacial score (nSPS) is 15.7. The van der Waals surface area contributed by atoms with Gasteiger partial charge in [0, 0.05) is 6.54 Å². The number of nitrogens with zero attached hydrogens (tertiary/aromatic N) is 1. The maximum atomic E-state index is 12.8. The van der Waals surface area contributed by atoms with Crippen LogP contribution in [-0.4, -0.2) is 37.4 Å². The Morgan fingerprint density at radius 2 is 1.55 bits per heavy atom. The Labute approximate surface area is 116 Å². The molecule has 0 unspecified atom stereocenters. The van der Waals surface area contributed by atoms with Gasteiger partial charge in [-0.3, -0.25) is 14.5 Å². The van der Waals surface area contributed by atoms with Gasteiger partial charge in [-0.25, -0.2) is 0 Å². The number of amides is 2. The first kappa shape index (κ1) is 14.6. The molecule has 1 heterocycles. The molecule has 0 atom stereocenters. The molecule has 0 fully saturated rings. The van der Waals surface area contributed by atoms with Crippen molar-refractivity contribution in [3.8, 4) is 0 Å². The number of benzene rings is 1.